The van der Waals surface area contributed by atoms with E-state index in [2.05, 4.69) is 9.97 Å². The standard InChI is InChI=1S/C22H20FN3O3/c1-28-14-26-19-3-2-12-24-21(19)25-22(26)20(27)16-6-10-18(11-7-16)29-13-15-4-8-17(23)9-5-15/h2-12,20,27H,13-14H2,1H3. The fourth-order valence-corrected chi connectivity index (χ4v) is 3.09. The highest BCUT2D eigenvalue weighted by Gasteiger charge is 2.20. The van der Waals surface area contributed by atoms with Crippen molar-refractivity contribution in [1.82, 2.24) is 14.5 Å². The monoisotopic (exact) mass is 393 g/mol. The third-order valence-electron chi connectivity index (χ3n) is 4.57. The number of nitrogens with zero attached hydrogens (tertiary/aromatic N) is 3. The number of methoxy groups -OCH3 is 1. The van der Waals surface area contributed by atoms with Gasteiger partial charge in [0.2, 0.25) is 0 Å². The lowest BCUT2D eigenvalue weighted by molar-refractivity contribution is 0.120. The summed E-state index contributed by atoms with van der Waals surface area (Å²) < 4.78 is 25.8. The smallest absolute Gasteiger partial charge is 0.178 e. The molecule has 0 aliphatic carbocycles. The van der Waals surface area contributed by atoms with Crippen molar-refractivity contribution >= 4 is 11.2 Å². The van der Waals surface area contributed by atoms with E-state index < -0.39 is 6.10 Å². The summed E-state index contributed by atoms with van der Waals surface area (Å²) in [5.41, 5.74) is 2.89. The van der Waals surface area contributed by atoms with E-state index in [-0.39, 0.29) is 12.5 Å². The Morgan fingerprint density at radius 2 is 1.83 bits per heavy atom. The van der Waals surface area contributed by atoms with Gasteiger partial charge in [0.15, 0.2) is 5.65 Å². The highest BCUT2D eigenvalue weighted by Crippen LogP contribution is 2.26. The normalized spacial score (nSPS) is 12.2. The van der Waals surface area contributed by atoms with Crippen LogP contribution < -0.4 is 4.74 Å². The van der Waals surface area contributed by atoms with E-state index in [0.717, 1.165) is 11.1 Å². The maximum Gasteiger partial charge on any atom is 0.178 e. The Bertz CT molecular complexity index is 1090. The summed E-state index contributed by atoms with van der Waals surface area (Å²) in [5.74, 6) is 0.833. The van der Waals surface area contributed by atoms with E-state index >= 15 is 0 Å². The second kappa shape index (κ2) is 8.38. The van der Waals surface area contributed by atoms with Gasteiger partial charge in [-0.1, -0.05) is 24.3 Å². The van der Waals surface area contributed by atoms with Gasteiger partial charge in [-0.05, 0) is 47.5 Å². The molecule has 6 nitrogen and oxygen atoms in total. The van der Waals surface area contributed by atoms with Crippen molar-refractivity contribution in [3.8, 4) is 5.75 Å². The van der Waals surface area contributed by atoms with Crippen LogP contribution in [0.15, 0.2) is 66.9 Å². The number of aromatic nitrogens is 3. The molecule has 0 spiro atoms. The van der Waals surface area contributed by atoms with Gasteiger partial charge in [0.05, 0.1) is 5.52 Å². The molecular weight excluding hydrogens is 373 g/mol. The van der Waals surface area contributed by atoms with Crippen molar-refractivity contribution < 1.29 is 19.0 Å². The number of halogens is 1. The summed E-state index contributed by atoms with van der Waals surface area (Å²) in [6, 6.07) is 17.0. The van der Waals surface area contributed by atoms with Crippen LogP contribution in [-0.2, 0) is 18.1 Å². The van der Waals surface area contributed by atoms with Crippen LogP contribution in [-0.4, -0.2) is 26.8 Å². The van der Waals surface area contributed by atoms with E-state index in [0.29, 0.717) is 29.4 Å². The number of pyridine rings is 1. The Morgan fingerprint density at radius 1 is 1.07 bits per heavy atom. The molecule has 0 bridgehead atoms. The molecule has 1 N–H and O–H groups in total. The number of aliphatic hydroxyl groups is 1. The molecule has 0 fully saturated rings. The lowest BCUT2D eigenvalue weighted by Crippen LogP contribution is -2.11. The van der Waals surface area contributed by atoms with Crippen LogP contribution in [0.4, 0.5) is 4.39 Å². The number of benzene rings is 2. The van der Waals surface area contributed by atoms with E-state index in [1.165, 1.54) is 12.1 Å². The second-order valence-electron chi connectivity index (χ2n) is 6.55. The molecule has 1 unspecified atom stereocenters. The fourth-order valence-electron chi connectivity index (χ4n) is 3.09. The number of ether oxygens (including phenoxy) is 2. The maximum absolute atomic E-state index is 13.0. The van der Waals surface area contributed by atoms with Gasteiger partial charge >= 0.3 is 0 Å². The molecule has 1 atom stereocenters. The van der Waals surface area contributed by atoms with Gasteiger partial charge in [-0.15, -0.1) is 0 Å². The average molecular weight is 393 g/mol. The summed E-state index contributed by atoms with van der Waals surface area (Å²) in [6.07, 6.45) is 0.723. The number of hydrogen-bond acceptors (Lipinski definition) is 5. The summed E-state index contributed by atoms with van der Waals surface area (Å²) >= 11 is 0. The van der Waals surface area contributed by atoms with Crippen molar-refractivity contribution in [2.75, 3.05) is 7.11 Å². The number of aliphatic hydroxyl groups excluding tert-OH is 1. The molecule has 0 saturated carbocycles. The number of hydrogen-bond donors (Lipinski definition) is 1. The number of rotatable bonds is 7. The molecule has 7 heteroatoms. The maximum atomic E-state index is 13.0. The minimum atomic E-state index is -0.939. The third kappa shape index (κ3) is 4.11. The molecule has 2 heterocycles. The van der Waals surface area contributed by atoms with Gasteiger partial charge in [0.1, 0.15) is 36.8 Å². The molecule has 0 aliphatic heterocycles. The molecule has 0 radical (unpaired) electrons. The van der Waals surface area contributed by atoms with Gasteiger partial charge in [-0.25, -0.2) is 14.4 Å². The first kappa shape index (κ1) is 19.0. The van der Waals surface area contributed by atoms with Crippen LogP contribution in [0, 0.1) is 5.82 Å². The zero-order chi connectivity index (χ0) is 20.2. The molecule has 4 aromatic rings. The quantitative estimate of drug-likeness (QED) is 0.517. The summed E-state index contributed by atoms with van der Waals surface area (Å²) in [7, 11) is 1.59. The minimum Gasteiger partial charge on any atom is -0.489 e. The summed E-state index contributed by atoms with van der Waals surface area (Å²) in [5, 5.41) is 10.9. The largest absolute Gasteiger partial charge is 0.489 e. The topological polar surface area (TPSA) is 69.4 Å². The average Bonchev–Trinajstić information content (AvgIpc) is 3.12. The van der Waals surface area contributed by atoms with E-state index in [9.17, 15) is 9.50 Å². The zero-order valence-electron chi connectivity index (χ0n) is 15.8. The summed E-state index contributed by atoms with van der Waals surface area (Å²) in [4.78, 5) is 8.72. The van der Waals surface area contributed by atoms with Crippen molar-refractivity contribution in [3.05, 3.63) is 89.6 Å². The van der Waals surface area contributed by atoms with Crippen LogP contribution >= 0.6 is 0 Å². The van der Waals surface area contributed by atoms with Gasteiger partial charge < -0.3 is 14.6 Å². The highest BCUT2D eigenvalue weighted by molar-refractivity contribution is 5.71. The molecule has 2 aromatic carbocycles. The molecule has 148 valence electrons. The minimum absolute atomic E-state index is 0.257. The lowest BCUT2D eigenvalue weighted by atomic mass is 10.1. The first-order valence-electron chi connectivity index (χ1n) is 9.11. The van der Waals surface area contributed by atoms with Gasteiger partial charge in [0.25, 0.3) is 0 Å². The second-order valence-corrected chi connectivity index (χ2v) is 6.55. The number of fused-ring (bicyclic) bond motifs is 1. The Kier molecular flexibility index (Phi) is 5.50. The Morgan fingerprint density at radius 3 is 2.55 bits per heavy atom. The van der Waals surface area contributed by atoms with Crippen LogP contribution in [0.3, 0.4) is 0 Å². The zero-order valence-corrected chi connectivity index (χ0v) is 15.8. The molecular formula is C22H20FN3O3. The van der Waals surface area contributed by atoms with Crippen molar-refractivity contribution in [1.29, 1.82) is 0 Å². The van der Waals surface area contributed by atoms with Crippen LogP contribution in [0.5, 0.6) is 5.75 Å². The van der Waals surface area contributed by atoms with Crippen LogP contribution in [0.25, 0.3) is 11.2 Å². The van der Waals surface area contributed by atoms with Gasteiger partial charge in [-0.3, -0.25) is 4.57 Å². The third-order valence-corrected chi connectivity index (χ3v) is 4.57. The first-order chi connectivity index (χ1) is 14.2. The molecule has 2 aromatic heterocycles. The SMILES string of the molecule is COCn1c(C(O)c2ccc(OCc3ccc(F)cc3)cc2)nc2ncccc21. The molecule has 0 aliphatic rings. The molecule has 29 heavy (non-hydrogen) atoms. The summed E-state index contributed by atoms with van der Waals surface area (Å²) in [6.45, 7) is 0.588. The van der Waals surface area contributed by atoms with Crippen LogP contribution in [0.2, 0.25) is 0 Å². The van der Waals surface area contributed by atoms with E-state index in [1.54, 1.807) is 54.3 Å². The molecule has 4 rings (SSSR count). The van der Waals surface area contributed by atoms with Crippen LogP contribution in [0.1, 0.15) is 23.1 Å². The molecule has 0 saturated heterocycles. The van der Waals surface area contributed by atoms with Gasteiger partial charge in [0, 0.05) is 13.3 Å². The molecule has 0 amide bonds. The predicted molar refractivity (Wildman–Crippen MR) is 106 cm³/mol. The van der Waals surface area contributed by atoms with E-state index in [4.69, 9.17) is 9.47 Å². The Balaban J connectivity index is 1.52. The van der Waals surface area contributed by atoms with Crippen molar-refractivity contribution in [2.45, 2.75) is 19.4 Å². The predicted octanol–water partition coefficient (Wildman–Crippen LogP) is 3.84. The fraction of sp³-hybridized carbons (Fsp3) is 0.182. The highest BCUT2D eigenvalue weighted by atomic mass is 19.1. The number of imidazole rings is 1. The Labute approximate surface area is 167 Å². The van der Waals surface area contributed by atoms with Crippen molar-refractivity contribution in [2.24, 2.45) is 0 Å². The Hall–Kier alpha value is -3.29. The lowest BCUT2D eigenvalue weighted by Gasteiger charge is -2.14. The van der Waals surface area contributed by atoms with E-state index in [1.807, 2.05) is 12.1 Å². The van der Waals surface area contributed by atoms with Crippen molar-refractivity contribution in [3.63, 3.8) is 0 Å². The van der Waals surface area contributed by atoms with Gasteiger partial charge in [-0.2, -0.15) is 0 Å². The first-order valence-corrected chi connectivity index (χ1v) is 9.11.